The van der Waals surface area contributed by atoms with E-state index in [1.807, 2.05) is 24.3 Å². The summed E-state index contributed by atoms with van der Waals surface area (Å²) in [5.41, 5.74) is 2.53. The second-order valence-electron chi connectivity index (χ2n) is 5.55. The summed E-state index contributed by atoms with van der Waals surface area (Å²) in [6, 6.07) is 11.1. The summed E-state index contributed by atoms with van der Waals surface area (Å²) in [6.07, 6.45) is 3.05. The third-order valence-corrected chi connectivity index (χ3v) is 5.18. The molecule has 0 saturated heterocycles. The molecule has 0 radical (unpaired) electrons. The molecule has 4 rings (SSSR count). The molecular weight excluding hydrogens is 372 g/mol. The van der Waals surface area contributed by atoms with Crippen molar-refractivity contribution >= 4 is 57.0 Å². The molecule has 1 amide bonds. The Morgan fingerprint density at radius 1 is 1.19 bits per heavy atom. The van der Waals surface area contributed by atoms with Crippen LogP contribution in [0.25, 0.3) is 22.1 Å². The van der Waals surface area contributed by atoms with Gasteiger partial charge in [-0.3, -0.25) is 4.79 Å². The number of fused-ring (bicyclic) bond motifs is 3. The van der Waals surface area contributed by atoms with E-state index in [-0.39, 0.29) is 11.1 Å². The Balaban J connectivity index is 1.60. The maximum absolute atomic E-state index is 12.5. The van der Waals surface area contributed by atoms with Gasteiger partial charge in [-0.05, 0) is 31.2 Å². The van der Waals surface area contributed by atoms with Gasteiger partial charge in [-0.15, -0.1) is 0 Å². The molecule has 3 aromatic heterocycles. The Morgan fingerprint density at radius 2 is 2.04 bits per heavy atom. The number of hydrogen-bond acceptors (Lipinski definition) is 6. The van der Waals surface area contributed by atoms with Gasteiger partial charge in [0.2, 0.25) is 5.91 Å². The number of carbonyl (C=O) groups excluding carboxylic acids is 1. The summed E-state index contributed by atoms with van der Waals surface area (Å²) in [7, 11) is 0. The van der Waals surface area contributed by atoms with Crippen LogP contribution in [0.2, 0.25) is 5.15 Å². The normalized spacial score (nSPS) is 12.4. The predicted molar refractivity (Wildman–Crippen MR) is 103 cm³/mol. The van der Waals surface area contributed by atoms with Crippen LogP contribution in [0.4, 0.5) is 5.69 Å². The SMILES string of the molecule is C[C@@H](Sc1ncnc2c1oc1ccccc12)C(=O)Nc1cccnc1Cl. The Labute approximate surface area is 158 Å². The number of nitrogens with one attached hydrogen (secondary N) is 1. The van der Waals surface area contributed by atoms with Crippen LogP contribution in [-0.2, 0) is 4.79 Å². The van der Waals surface area contributed by atoms with E-state index in [2.05, 4.69) is 20.3 Å². The molecule has 6 nitrogen and oxygen atoms in total. The Morgan fingerprint density at radius 3 is 2.88 bits per heavy atom. The quantitative estimate of drug-likeness (QED) is 0.316. The van der Waals surface area contributed by atoms with E-state index in [9.17, 15) is 4.79 Å². The van der Waals surface area contributed by atoms with E-state index in [1.165, 1.54) is 18.1 Å². The first kappa shape index (κ1) is 16.8. The molecule has 0 aliphatic rings. The molecule has 0 saturated carbocycles. The number of pyridine rings is 1. The largest absolute Gasteiger partial charge is 0.451 e. The van der Waals surface area contributed by atoms with Crippen molar-refractivity contribution in [2.75, 3.05) is 5.32 Å². The van der Waals surface area contributed by atoms with Crippen molar-refractivity contribution in [3.05, 3.63) is 54.1 Å². The summed E-state index contributed by atoms with van der Waals surface area (Å²) in [5.74, 6) is -0.201. The highest BCUT2D eigenvalue weighted by Crippen LogP contribution is 2.34. The number of carbonyl (C=O) groups is 1. The average Bonchev–Trinajstić information content (AvgIpc) is 3.03. The van der Waals surface area contributed by atoms with Crippen LogP contribution >= 0.6 is 23.4 Å². The lowest BCUT2D eigenvalue weighted by Gasteiger charge is -2.12. The van der Waals surface area contributed by atoms with Crippen LogP contribution < -0.4 is 5.32 Å². The second kappa shape index (κ2) is 6.93. The number of aromatic nitrogens is 3. The standard InChI is InChI=1S/C18H13ClN4O2S/c1-10(17(24)23-12-6-4-8-20-16(12)19)26-18-15-14(21-9-22-18)11-5-2-3-7-13(11)25-15/h2-10H,1H3,(H,23,24)/t10-/m1/s1. The highest BCUT2D eigenvalue weighted by atomic mass is 35.5. The molecule has 130 valence electrons. The van der Waals surface area contributed by atoms with E-state index in [1.54, 1.807) is 25.3 Å². The maximum Gasteiger partial charge on any atom is 0.237 e. The molecule has 1 aromatic carbocycles. The molecular formula is C18H13ClN4O2S. The molecule has 1 N–H and O–H groups in total. The predicted octanol–water partition coefficient (Wildman–Crippen LogP) is 4.54. The van der Waals surface area contributed by atoms with E-state index in [4.69, 9.17) is 16.0 Å². The molecule has 0 fully saturated rings. The Kier molecular flexibility index (Phi) is 4.48. The first-order valence-corrected chi connectivity index (χ1v) is 9.09. The van der Waals surface area contributed by atoms with E-state index < -0.39 is 5.25 Å². The molecule has 0 unspecified atom stereocenters. The minimum Gasteiger partial charge on any atom is -0.451 e. The Hall–Kier alpha value is -2.64. The van der Waals surface area contributed by atoms with Gasteiger partial charge in [-0.25, -0.2) is 15.0 Å². The van der Waals surface area contributed by atoms with Crippen molar-refractivity contribution in [2.24, 2.45) is 0 Å². The first-order chi connectivity index (χ1) is 12.6. The second-order valence-corrected chi connectivity index (χ2v) is 7.23. The summed E-state index contributed by atoms with van der Waals surface area (Å²) >= 11 is 7.29. The average molecular weight is 385 g/mol. The van der Waals surface area contributed by atoms with Crippen LogP contribution in [0, 0.1) is 0 Å². The van der Waals surface area contributed by atoms with Gasteiger partial charge in [-0.1, -0.05) is 35.5 Å². The fraction of sp³-hybridized carbons (Fsp3) is 0.111. The fourth-order valence-corrected chi connectivity index (χ4v) is 3.54. The summed E-state index contributed by atoms with van der Waals surface area (Å²) in [4.78, 5) is 25.0. The van der Waals surface area contributed by atoms with Crippen LogP contribution in [0.3, 0.4) is 0 Å². The van der Waals surface area contributed by atoms with Gasteiger partial charge in [0.1, 0.15) is 22.5 Å². The number of hydrogen-bond donors (Lipinski definition) is 1. The number of thioether (sulfide) groups is 1. The molecule has 26 heavy (non-hydrogen) atoms. The summed E-state index contributed by atoms with van der Waals surface area (Å²) in [5, 5.41) is 4.15. The summed E-state index contributed by atoms with van der Waals surface area (Å²) < 4.78 is 5.89. The number of amides is 1. The van der Waals surface area contributed by atoms with E-state index >= 15 is 0 Å². The zero-order valence-electron chi connectivity index (χ0n) is 13.6. The number of halogens is 1. The van der Waals surface area contributed by atoms with Crippen LogP contribution in [-0.4, -0.2) is 26.1 Å². The lowest BCUT2D eigenvalue weighted by molar-refractivity contribution is -0.115. The van der Waals surface area contributed by atoms with E-state index in [0.717, 1.165) is 16.5 Å². The molecule has 4 aromatic rings. The number of anilines is 1. The number of para-hydroxylation sites is 1. The smallest absolute Gasteiger partial charge is 0.237 e. The highest BCUT2D eigenvalue weighted by molar-refractivity contribution is 8.00. The zero-order chi connectivity index (χ0) is 18.1. The van der Waals surface area contributed by atoms with Crippen molar-refractivity contribution in [1.29, 1.82) is 0 Å². The van der Waals surface area contributed by atoms with Crippen LogP contribution in [0.15, 0.2) is 58.4 Å². The monoisotopic (exact) mass is 384 g/mol. The van der Waals surface area contributed by atoms with Crippen molar-refractivity contribution in [3.8, 4) is 0 Å². The van der Waals surface area contributed by atoms with Crippen molar-refractivity contribution in [3.63, 3.8) is 0 Å². The van der Waals surface area contributed by atoms with Gasteiger partial charge < -0.3 is 9.73 Å². The number of nitrogens with zero attached hydrogens (tertiary/aromatic N) is 3. The Bertz CT molecular complexity index is 1110. The molecule has 8 heteroatoms. The first-order valence-electron chi connectivity index (χ1n) is 7.84. The molecule has 0 spiro atoms. The van der Waals surface area contributed by atoms with Crippen molar-refractivity contribution in [1.82, 2.24) is 15.0 Å². The third kappa shape index (κ3) is 3.11. The highest BCUT2D eigenvalue weighted by Gasteiger charge is 2.20. The van der Waals surface area contributed by atoms with Gasteiger partial charge in [0.05, 0.1) is 10.9 Å². The van der Waals surface area contributed by atoms with Crippen LogP contribution in [0.1, 0.15) is 6.92 Å². The van der Waals surface area contributed by atoms with Gasteiger partial charge in [0.25, 0.3) is 0 Å². The maximum atomic E-state index is 12.5. The van der Waals surface area contributed by atoms with Crippen molar-refractivity contribution in [2.45, 2.75) is 17.2 Å². The zero-order valence-corrected chi connectivity index (χ0v) is 15.2. The minimum atomic E-state index is -0.419. The van der Waals surface area contributed by atoms with Gasteiger partial charge >= 0.3 is 0 Å². The molecule has 1 atom stereocenters. The number of furan rings is 1. The van der Waals surface area contributed by atoms with E-state index in [0.29, 0.717) is 16.3 Å². The summed E-state index contributed by atoms with van der Waals surface area (Å²) in [6.45, 7) is 1.79. The number of rotatable bonds is 4. The molecule has 0 aliphatic carbocycles. The lowest BCUT2D eigenvalue weighted by Crippen LogP contribution is -2.22. The van der Waals surface area contributed by atoms with Gasteiger partial charge in [0, 0.05) is 11.6 Å². The number of benzene rings is 1. The minimum absolute atomic E-state index is 0.201. The molecule has 0 aliphatic heterocycles. The van der Waals surface area contributed by atoms with Crippen LogP contribution in [0.5, 0.6) is 0 Å². The third-order valence-electron chi connectivity index (χ3n) is 3.80. The van der Waals surface area contributed by atoms with Gasteiger partial charge in [0.15, 0.2) is 10.7 Å². The van der Waals surface area contributed by atoms with Crippen molar-refractivity contribution < 1.29 is 9.21 Å². The molecule has 0 bridgehead atoms. The topological polar surface area (TPSA) is 80.9 Å². The lowest BCUT2D eigenvalue weighted by atomic mass is 10.2. The van der Waals surface area contributed by atoms with Gasteiger partial charge in [-0.2, -0.15) is 0 Å². The fourth-order valence-electron chi connectivity index (χ4n) is 2.52. The molecule has 3 heterocycles.